The number of rotatable bonds is 7. The Labute approximate surface area is 167 Å². The van der Waals surface area contributed by atoms with Crippen molar-refractivity contribution < 1.29 is 19.1 Å². The molecule has 0 atom stereocenters. The molecule has 0 fully saturated rings. The first-order valence-electron chi connectivity index (χ1n) is 8.66. The summed E-state index contributed by atoms with van der Waals surface area (Å²) in [5.41, 5.74) is 6.26. The zero-order chi connectivity index (χ0) is 19.8. The Bertz CT molecular complexity index is 791. The summed E-state index contributed by atoms with van der Waals surface area (Å²) < 4.78 is 11.8. The maximum atomic E-state index is 12.1. The van der Waals surface area contributed by atoms with Gasteiger partial charge in [0.1, 0.15) is 11.5 Å². The van der Waals surface area contributed by atoms with Crippen LogP contribution in [-0.4, -0.2) is 24.5 Å². The zero-order valence-electron chi connectivity index (χ0n) is 15.5. The lowest BCUT2D eigenvalue weighted by Crippen LogP contribution is -2.43. The molecule has 0 saturated carbocycles. The van der Waals surface area contributed by atoms with Crippen molar-refractivity contribution in [2.75, 3.05) is 6.61 Å². The molecule has 2 amide bonds. The summed E-state index contributed by atoms with van der Waals surface area (Å²) in [6.45, 7) is 5.69. The second-order valence-electron chi connectivity index (χ2n) is 6.10. The fraction of sp³-hybridized carbons (Fsp3) is 0.300. The monoisotopic (exact) mass is 434 g/mol. The van der Waals surface area contributed by atoms with Crippen molar-refractivity contribution in [3.63, 3.8) is 0 Å². The van der Waals surface area contributed by atoms with Crippen molar-refractivity contribution in [2.45, 2.75) is 33.3 Å². The van der Waals surface area contributed by atoms with E-state index in [-0.39, 0.29) is 12.7 Å². The van der Waals surface area contributed by atoms with E-state index in [9.17, 15) is 9.59 Å². The van der Waals surface area contributed by atoms with E-state index in [0.29, 0.717) is 17.1 Å². The van der Waals surface area contributed by atoms with Crippen LogP contribution in [0, 0.1) is 0 Å². The minimum atomic E-state index is -0.463. The van der Waals surface area contributed by atoms with Gasteiger partial charge in [0.05, 0.1) is 10.6 Å². The average Bonchev–Trinajstić information content (AvgIpc) is 2.65. The van der Waals surface area contributed by atoms with Crippen molar-refractivity contribution in [3.8, 4) is 11.5 Å². The molecule has 6 nitrogen and oxygen atoms in total. The molecule has 0 saturated heterocycles. The van der Waals surface area contributed by atoms with Gasteiger partial charge in [0, 0.05) is 5.56 Å². The quantitative estimate of drug-likeness (QED) is 0.652. The number of nitrogens with one attached hydrogen (secondary N) is 2. The number of carbonyl (C=O) groups excluding carboxylic acids is 2. The Morgan fingerprint density at radius 2 is 1.78 bits per heavy atom. The molecule has 144 valence electrons. The first kappa shape index (κ1) is 20.8. The lowest BCUT2D eigenvalue weighted by atomic mass is 10.2. The third-order valence-electron chi connectivity index (χ3n) is 3.57. The van der Waals surface area contributed by atoms with Gasteiger partial charge >= 0.3 is 0 Å². The summed E-state index contributed by atoms with van der Waals surface area (Å²) in [6.07, 6.45) is 0.970. The molecule has 2 rings (SSSR count). The molecule has 2 N–H and O–H groups in total. The zero-order valence-corrected chi connectivity index (χ0v) is 17.1. The van der Waals surface area contributed by atoms with Crippen molar-refractivity contribution in [1.29, 1.82) is 0 Å². The SMILES string of the molecule is CCc1ccc(OCC(=O)NNC(=O)c2ccc(OC(C)C)cc2)c(Br)c1. The molecule has 2 aromatic carbocycles. The highest BCUT2D eigenvalue weighted by molar-refractivity contribution is 9.10. The smallest absolute Gasteiger partial charge is 0.276 e. The molecule has 0 spiro atoms. The Kier molecular flexibility index (Phi) is 7.67. The lowest BCUT2D eigenvalue weighted by molar-refractivity contribution is -0.123. The number of benzene rings is 2. The lowest BCUT2D eigenvalue weighted by Gasteiger charge is -2.11. The number of ether oxygens (including phenoxy) is 2. The molecular formula is C20H23BrN2O4. The van der Waals surface area contributed by atoms with Crippen LogP contribution in [0.4, 0.5) is 0 Å². The Morgan fingerprint density at radius 3 is 2.37 bits per heavy atom. The largest absolute Gasteiger partial charge is 0.491 e. The molecule has 0 radical (unpaired) electrons. The predicted octanol–water partition coefficient (Wildman–Crippen LogP) is 3.64. The highest BCUT2D eigenvalue weighted by Crippen LogP contribution is 2.26. The molecule has 27 heavy (non-hydrogen) atoms. The molecule has 0 bridgehead atoms. The highest BCUT2D eigenvalue weighted by atomic mass is 79.9. The third kappa shape index (κ3) is 6.60. The van der Waals surface area contributed by atoms with Crippen LogP contribution in [0.15, 0.2) is 46.9 Å². The van der Waals surface area contributed by atoms with Gasteiger partial charge in [-0.2, -0.15) is 0 Å². The van der Waals surface area contributed by atoms with E-state index in [4.69, 9.17) is 9.47 Å². The molecule has 0 aromatic heterocycles. The topological polar surface area (TPSA) is 76.7 Å². The molecular weight excluding hydrogens is 412 g/mol. The number of hydrazine groups is 1. The van der Waals surface area contributed by atoms with Crippen molar-refractivity contribution in [1.82, 2.24) is 10.9 Å². The van der Waals surface area contributed by atoms with E-state index >= 15 is 0 Å². The number of hydrogen-bond acceptors (Lipinski definition) is 4. The van der Waals surface area contributed by atoms with Gasteiger partial charge in [-0.15, -0.1) is 0 Å². The van der Waals surface area contributed by atoms with Crippen LogP contribution in [0.5, 0.6) is 11.5 Å². The van der Waals surface area contributed by atoms with Gasteiger partial charge in [-0.25, -0.2) is 0 Å². The molecule has 0 heterocycles. The maximum Gasteiger partial charge on any atom is 0.276 e. The predicted molar refractivity (Wildman–Crippen MR) is 107 cm³/mol. The van der Waals surface area contributed by atoms with Gasteiger partial charge < -0.3 is 9.47 Å². The summed E-state index contributed by atoms with van der Waals surface area (Å²) in [4.78, 5) is 23.9. The van der Waals surface area contributed by atoms with E-state index < -0.39 is 11.8 Å². The Balaban J connectivity index is 1.80. The molecule has 7 heteroatoms. The van der Waals surface area contributed by atoms with Crippen molar-refractivity contribution in [2.24, 2.45) is 0 Å². The van der Waals surface area contributed by atoms with Crippen LogP contribution < -0.4 is 20.3 Å². The normalized spacial score (nSPS) is 10.4. The Hall–Kier alpha value is -2.54. The second kappa shape index (κ2) is 9.97. The van der Waals surface area contributed by atoms with Crippen LogP contribution >= 0.6 is 15.9 Å². The average molecular weight is 435 g/mol. The second-order valence-corrected chi connectivity index (χ2v) is 6.95. The van der Waals surface area contributed by atoms with Crippen LogP contribution in [0.25, 0.3) is 0 Å². The summed E-state index contributed by atoms with van der Waals surface area (Å²) in [5.74, 6) is 0.357. The van der Waals surface area contributed by atoms with Gasteiger partial charge in [-0.3, -0.25) is 20.4 Å². The first-order chi connectivity index (χ1) is 12.9. The third-order valence-corrected chi connectivity index (χ3v) is 4.19. The van der Waals surface area contributed by atoms with E-state index in [2.05, 4.69) is 33.7 Å². The number of halogens is 1. The summed E-state index contributed by atoms with van der Waals surface area (Å²) >= 11 is 3.41. The maximum absolute atomic E-state index is 12.1. The minimum absolute atomic E-state index is 0.0576. The van der Waals surface area contributed by atoms with Crippen molar-refractivity contribution in [3.05, 3.63) is 58.1 Å². The summed E-state index contributed by atoms with van der Waals surface area (Å²) in [6, 6.07) is 12.3. The van der Waals surface area contributed by atoms with Crippen LogP contribution in [0.2, 0.25) is 0 Å². The van der Waals surface area contributed by atoms with E-state index in [1.165, 1.54) is 0 Å². The number of aryl methyl sites for hydroxylation is 1. The van der Waals surface area contributed by atoms with E-state index in [1.54, 1.807) is 30.3 Å². The van der Waals surface area contributed by atoms with Crippen LogP contribution in [0.3, 0.4) is 0 Å². The minimum Gasteiger partial charge on any atom is -0.491 e. The summed E-state index contributed by atoms with van der Waals surface area (Å²) in [5, 5.41) is 0. The number of carbonyl (C=O) groups is 2. The van der Waals surface area contributed by atoms with Crippen molar-refractivity contribution >= 4 is 27.7 Å². The van der Waals surface area contributed by atoms with Gasteiger partial charge in [0.2, 0.25) is 0 Å². The van der Waals surface area contributed by atoms with Crippen LogP contribution in [-0.2, 0) is 11.2 Å². The van der Waals surface area contributed by atoms with E-state index in [1.807, 2.05) is 26.0 Å². The Morgan fingerprint density at radius 1 is 1.07 bits per heavy atom. The van der Waals surface area contributed by atoms with Gasteiger partial charge in [-0.1, -0.05) is 13.0 Å². The standard InChI is InChI=1S/C20H23BrN2O4/c1-4-14-5-10-18(17(21)11-14)26-12-19(24)22-23-20(25)15-6-8-16(9-7-15)27-13(2)3/h5-11,13H,4,12H2,1-3H3,(H,22,24)(H,23,25). The van der Waals surface area contributed by atoms with Gasteiger partial charge in [0.15, 0.2) is 6.61 Å². The fourth-order valence-electron chi connectivity index (χ4n) is 2.22. The van der Waals surface area contributed by atoms with E-state index in [0.717, 1.165) is 16.5 Å². The molecule has 0 aliphatic heterocycles. The molecule has 0 aliphatic rings. The molecule has 2 aromatic rings. The van der Waals surface area contributed by atoms with Crippen LogP contribution in [0.1, 0.15) is 36.7 Å². The number of hydrogen-bond donors (Lipinski definition) is 2. The highest BCUT2D eigenvalue weighted by Gasteiger charge is 2.10. The molecule has 0 aliphatic carbocycles. The fourth-order valence-corrected chi connectivity index (χ4v) is 2.76. The first-order valence-corrected chi connectivity index (χ1v) is 9.45. The van der Waals surface area contributed by atoms with Gasteiger partial charge in [0.25, 0.3) is 11.8 Å². The number of amides is 2. The van der Waals surface area contributed by atoms with Gasteiger partial charge in [-0.05, 0) is 78.2 Å². The molecule has 0 unspecified atom stereocenters. The summed E-state index contributed by atoms with van der Waals surface area (Å²) in [7, 11) is 0.